The molecular formula is C15H14BrNO3. The molecule has 2 aromatic rings. The number of aliphatic imine (C=N–C) groups is 1. The second-order valence-electron chi connectivity index (χ2n) is 4.01. The van der Waals surface area contributed by atoms with Crippen molar-refractivity contribution < 1.29 is 14.6 Å². The number of phenolic OH excluding ortho intramolecular Hbond substituents is 1. The molecule has 0 saturated heterocycles. The molecule has 0 aromatic heterocycles. The number of hydrogen-bond donors (Lipinski definition) is 1. The Hall–Kier alpha value is -2.01. The molecule has 0 saturated carbocycles. The quantitative estimate of drug-likeness (QED) is 0.861. The van der Waals surface area contributed by atoms with Crippen LogP contribution in [0, 0.1) is 0 Å². The minimum absolute atomic E-state index is 0.0178. The number of halogens is 1. The Bertz CT molecular complexity index is 599. The van der Waals surface area contributed by atoms with Gasteiger partial charge in [0.2, 0.25) is 5.75 Å². The van der Waals surface area contributed by atoms with Crippen LogP contribution in [0.15, 0.2) is 45.9 Å². The van der Waals surface area contributed by atoms with Gasteiger partial charge in [-0.15, -0.1) is 0 Å². The van der Waals surface area contributed by atoms with Gasteiger partial charge in [-0.1, -0.05) is 15.9 Å². The molecule has 2 aromatic carbocycles. The number of benzene rings is 2. The number of aromatic hydroxyl groups is 1. The lowest BCUT2D eigenvalue weighted by Crippen LogP contribution is -1.92. The number of methoxy groups -OCH3 is 2. The third-order valence-corrected chi connectivity index (χ3v) is 3.22. The van der Waals surface area contributed by atoms with Crippen LogP contribution in [0.4, 0.5) is 5.69 Å². The molecule has 0 bridgehead atoms. The smallest absolute Gasteiger partial charge is 0.200 e. The molecule has 0 heterocycles. The van der Waals surface area contributed by atoms with Crippen LogP contribution in [-0.4, -0.2) is 25.5 Å². The molecule has 5 heteroatoms. The van der Waals surface area contributed by atoms with Crippen LogP contribution in [0.1, 0.15) is 5.56 Å². The van der Waals surface area contributed by atoms with E-state index < -0.39 is 0 Å². The van der Waals surface area contributed by atoms with E-state index in [1.165, 1.54) is 14.2 Å². The van der Waals surface area contributed by atoms with Gasteiger partial charge < -0.3 is 14.6 Å². The molecule has 0 aliphatic carbocycles. The van der Waals surface area contributed by atoms with Gasteiger partial charge in [-0.2, -0.15) is 0 Å². The molecule has 0 fully saturated rings. The maximum absolute atomic E-state index is 9.83. The summed E-state index contributed by atoms with van der Waals surface area (Å²) in [4.78, 5) is 4.36. The highest BCUT2D eigenvalue weighted by molar-refractivity contribution is 9.10. The highest BCUT2D eigenvalue weighted by atomic mass is 79.9. The number of nitrogens with zero attached hydrogens (tertiary/aromatic N) is 1. The van der Waals surface area contributed by atoms with E-state index in [9.17, 15) is 5.11 Å². The highest BCUT2D eigenvalue weighted by Crippen LogP contribution is 2.36. The molecule has 0 spiro atoms. The maximum Gasteiger partial charge on any atom is 0.200 e. The molecule has 1 N–H and O–H groups in total. The number of phenols is 1. The van der Waals surface area contributed by atoms with E-state index in [-0.39, 0.29) is 5.75 Å². The van der Waals surface area contributed by atoms with Gasteiger partial charge in [-0.25, -0.2) is 0 Å². The zero-order valence-electron chi connectivity index (χ0n) is 11.1. The fourth-order valence-corrected chi connectivity index (χ4v) is 1.93. The SMILES string of the molecule is COc1cc(C=Nc2ccc(Br)cc2)cc(OC)c1O. The average molecular weight is 336 g/mol. The minimum atomic E-state index is -0.0178. The van der Waals surface area contributed by atoms with Crippen LogP contribution in [0.25, 0.3) is 0 Å². The number of rotatable bonds is 4. The molecule has 0 amide bonds. The van der Waals surface area contributed by atoms with Gasteiger partial charge in [0.15, 0.2) is 11.5 Å². The number of hydrogen-bond acceptors (Lipinski definition) is 4. The summed E-state index contributed by atoms with van der Waals surface area (Å²) in [6.07, 6.45) is 1.69. The van der Waals surface area contributed by atoms with Crippen molar-refractivity contribution >= 4 is 27.8 Å². The predicted octanol–water partition coefficient (Wildman–Crippen LogP) is 3.92. The molecule has 0 unspecified atom stereocenters. The lowest BCUT2D eigenvalue weighted by atomic mass is 10.2. The first kappa shape index (κ1) is 14.4. The topological polar surface area (TPSA) is 51.0 Å². The van der Waals surface area contributed by atoms with Crippen LogP contribution < -0.4 is 9.47 Å². The van der Waals surface area contributed by atoms with E-state index in [0.717, 1.165) is 15.7 Å². The first-order chi connectivity index (χ1) is 9.63. The summed E-state index contributed by atoms with van der Waals surface area (Å²) in [5, 5.41) is 9.83. The van der Waals surface area contributed by atoms with Crippen molar-refractivity contribution in [2.45, 2.75) is 0 Å². The molecule has 4 nitrogen and oxygen atoms in total. The highest BCUT2D eigenvalue weighted by Gasteiger charge is 2.10. The molecule has 2 rings (SSSR count). The van der Waals surface area contributed by atoms with E-state index in [2.05, 4.69) is 20.9 Å². The summed E-state index contributed by atoms with van der Waals surface area (Å²) in [7, 11) is 2.98. The Morgan fingerprint density at radius 2 is 1.60 bits per heavy atom. The first-order valence-electron chi connectivity index (χ1n) is 5.88. The van der Waals surface area contributed by atoms with E-state index >= 15 is 0 Å². The summed E-state index contributed by atoms with van der Waals surface area (Å²) >= 11 is 3.37. The Balaban J connectivity index is 2.31. The van der Waals surface area contributed by atoms with Gasteiger partial charge in [-0.05, 0) is 36.4 Å². The van der Waals surface area contributed by atoms with E-state index in [0.29, 0.717) is 11.5 Å². The standard InChI is InChI=1S/C15H14BrNO3/c1-19-13-7-10(8-14(20-2)15(13)18)9-17-12-5-3-11(16)4-6-12/h3-9,18H,1-2H3. The second kappa shape index (κ2) is 6.43. The van der Waals surface area contributed by atoms with Crippen LogP contribution >= 0.6 is 15.9 Å². The Labute approximate surface area is 125 Å². The Morgan fingerprint density at radius 1 is 1.05 bits per heavy atom. The van der Waals surface area contributed by atoms with Crippen molar-refractivity contribution in [1.29, 1.82) is 0 Å². The average Bonchev–Trinajstić information content (AvgIpc) is 2.47. The molecule has 0 atom stereocenters. The predicted molar refractivity (Wildman–Crippen MR) is 82.6 cm³/mol. The van der Waals surface area contributed by atoms with Crippen LogP contribution in [0.2, 0.25) is 0 Å². The van der Waals surface area contributed by atoms with Crippen LogP contribution in [-0.2, 0) is 0 Å². The lowest BCUT2D eigenvalue weighted by Gasteiger charge is -2.09. The summed E-state index contributed by atoms with van der Waals surface area (Å²) in [5.74, 6) is 0.680. The van der Waals surface area contributed by atoms with Crippen LogP contribution in [0.5, 0.6) is 17.2 Å². The monoisotopic (exact) mass is 335 g/mol. The summed E-state index contributed by atoms with van der Waals surface area (Å²) in [6, 6.07) is 11.0. The van der Waals surface area contributed by atoms with Crippen molar-refractivity contribution in [3.8, 4) is 17.2 Å². The summed E-state index contributed by atoms with van der Waals surface area (Å²) < 4.78 is 11.2. The summed E-state index contributed by atoms with van der Waals surface area (Å²) in [5.41, 5.74) is 1.61. The number of ether oxygens (including phenoxy) is 2. The van der Waals surface area contributed by atoms with Gasteiger partial charge in [-0.3, -0.25) is 4.99 Å². The van der Waals surface area contributed by atoms with Gasteiger partial charge in [0.05, 0.1) is 19.9 Å². The van der Waals surface area contributed by atoms with Crippen molar-refractivity contribution in [2.75, 3.05) is 14.2 Å². The Kier molecular flexibility index (Phi) is 4.63. The van der Waals surface area contributed by atoms with Crippen molar-refractivity contribution in [1.82, 2.24) is 0 Å². The third kappa shape index (κ3) is 3.30. The minimum Gasteiger partial charge on any atom is -0.502 e. The molecule has 20 heavy (non-hydrogen) atoms. The second-order valence-corrected chi connectivity index (χ2v) is 4.92. The van der Waals surface area contributed by atoms with Gasteiger partial charge in [0.1, 0.15) is 0 Å². The van der Waals surface area contributed by atoms with Gasteiger partial charge in [0.25, 0.3) is 0 Å². The maximum atomic E-state index is 9.83. The zero-order valence-corrected chi connectivity index (χ0v) is 12.7. The Morgan fingerprint density at radius 3 is 2.10 bits per heavy atom. The van der Waals surface area contributed by atoms with Crippen molar-refractivity contribution in [3.63, 3.8) is 0 Å². The fraction of sp³-hybridized carbons (Fsp3) is 0.133. The largest absolute Gasteiger partial charge is 0.502 e. The lowest BCUT2D eigenvalue weighted by molar-refractivity contribution is 0.340. The molecule has 104 valence electrons. The van der Waals surface area contributed by atoms with E-state index in [1.807, 2.05) is 24.3 Å². The normalized spacial score (nSPS) is 10.8. The third-order valence-electron chi connectivity index (χ3n) is 2.69. The zero-order chi connectivity index (χ0) is 14.5. The van der Waals surface area contributed by atoms with E-state index in [1.54, 1.807) is 18.3 Å². The molecule has 0 aliphatic rings. The fourth-order valence-electron chi connectivity index (χ4n) is 1.66. The van der Waals surface area contributed by atoms with Crippen LogP contribution in [0.3, 0.4) is 0 Å². The summed E-state index contributed by atoms with van der Waals surface area (Å²) in [6.45, 7) is 0. The molecular weight excluding hydrogens is 322 g/mol. The van der Waals surface area contributed by atoms with Crippen molar-refractivity contribution in [2.24, 2.45) is 4.99 Å². The molecule has 0 radical (unpaired) electrons. The van der Waals surface area contributed by atoms with Gasteiger partial charge in [0, 0.05) is 16.3 Å². The van der Waals surface area contributed by atoms with E-state index in [4.69, 9.17) is 9.47 Å². The molecule has 0 aliphatic heterocycles. The van der Waals surface area contributed by atoms with Gasteiger partial charge >= 0.3 is 0 Å². The van der Waals surface area contributed by atoms with Crippen molar-refractivity contribution in [3.05, 3.63) is 46.4 Å². The first-order valence-corrected chi connectivity index (χ1v) is 6.68.